The van der Waals surface area contributed by atoms with E-state index < -0.39 is 0 Å². The van der Waals surface area contributed by atoms with E-state index in [1.165, 1.54) is 19.3 Å². The fourth-order valence-electron chi connectivity index (χ4n) is 1.88. The van der Waals surface area contributed by atoms with Crippen LogP contribution in [0, 0.1) is 5.92 Å². The van der Waals surface area contributed by atoms with Gasteiger partial charge in [-0.1, -0.05) is 19.8 Å². The lowest BCUT2D eigenvalue weighted by molar-refractivity contribution is -0.123. The molecule has 1 aliphatic rings. The van der Waals surface area contributed by atoms with Gasteiger partial charge in [0.25, 0.3) is 0 Å². The number of rotatable bonds is 5. The van der Waals surface area contributed by atoms with Crippen LogP contribution in [0.2, 0.25) is 0 Å². The van der Waals surface area contributed by atoms with Gasteiger partial charge < -0.3 is 5.32 Å². The fourth-order valence-corrected chi connectivity index (χ4v) is 1.88. The molecule has 0 radical (unpaired) electrons. The third-order valence-corrected chi connectivity index (χ3v) is 2.78. The summed E-state index contributed by atoms with van der Waals surface area (Å²) in [6.07, 6.45) is 6.58. The van der Waals surface area contributed by atoms with E-state index in [1.807, 2.05) is 0 Å². The smallest absolute Gasteiger partial charge is 0.137 e. The molecule has 1 saturated heterocycles. The third kappa shape index (κ3) is 3.90. The zero-order chi connectivity index (χ0) is 9.52. The van der Waals surface area contributed by atoms with E-state index in [2.05, 4.69) is 12.2 Å². The van der Waals surface area contributed by atoms with Gasteiger partial charge in [-0.15, -0.1) is 0 Å². The van der Waals surface area contributed by atoms with Gasteiger partial charge in [0.15, 0.2) is 0 Å². The number of carbonyl (C=O) groups is 1. The van der Waals surface area contributed by atoms with Crippen LogP contribution in [0.25, 0.3) is 0 Å². The maximum absolute atomic E-state index is 11.6. The Hall–Kier alpha value is -0.370. The summed E-state index contributed by atoms with van der Waals surface area (Å²) in [6, 6.07) is 0. The zero-order valence-corrected chi connectivity index (χ0v) is 8.64. The highest BCUT2D eigenvalue weighted by molar-refractivity contribution is 5.81. The second kappa shape index (κ2) is 6.14. The summed E-state index contributed by atoms with van der Waals surface area (Å²) in [6.45, 7) is 4.19. The van der Waals surface area contributed by atoms with E-state index in [0.29, 0.717) is 11.7 Å². The number of unbranched alkanes of at least 4 members (excludes halogenated alkanes) is 2. The van der Waals surface area contributed by atoms with Crippen molar-refractivity contribution >= 4 is 5.78 Å². The van der Waals surface area contributed by atoms with Crippen LogP contribution in [-0.4, -0.2) is 18.9 Å². The minimum Gasteiger partial charge on any atom is -0.316 e. The Bertz CT molecular complexity index is 150. The van der Waals surface area contributed by atoms with Crippen molar-refractivity contribution in [1.82, 2.24) is 5.32 Å². The standard InChI is InChI=1S/C11H21NO/c1-2-3-4-7-11(13)10-6-5-8-12-9-10/h10,12H,2-9H2,1H3/t10-/m1/s1. The highest BCUT2D eigenvalue weighted by Crippen LogP contribution is 2.14. The van der Waals surface area contributed by atoms with Crippen LogP contribution in [0.3, 0.4) is 0 Å². The molecule has 13 heavy (non-hydrogen) atoms. The zero-order valence-electron chi connectivity index (χ0n) is 8.64. The molecule has 0 unspecified atom stereocenters. The van der Waals surface area contributed by atoms with Crippen LogP contribution in [0.1, 0.15) is 45.4 Å². The summed E-state index contributed by atoms with van der Waals surface area (Å²) in [4.78, 5) is 11.6. The summed E-state index contributed by atoms with van der Waals surface area (Å²) in [5.41, 5.74) is 0. The van der Waals surface area contributed by atoms with Crippen molar-refractivity contribution in [3.8, 4) is 0 Å². The lowest BCUT2D eigenvalue weighted by atomic mass is 9.92. The molecule has 1 heterocycles. The molecule has 1 fully saturated rings. The maximum Gasteiger partial charge on any atom is 0.137 e. The third-order valence-electron chi connectivity index (χ3n) is 2.78. The van der Waals surface area contributed by atoms with Crippen LogP contribution >= 0.6 is 0 Å². The second-order valence-corrected chi connectivity index (χ2v) is 3.97. The van der Waals surface area contributed by atoms with E-state index in [4.69, 9.17) is 0 Å². The molecule has 0 amide bonds. The van der Waals surface area contributed by atoms with Gasteiger partial charge in [-0.25, -0.2) is 0 Å². The largest absolute Gasteiger partial charge is 0.316 e. The van der Waals surface area contributed by atoms with Crippen LogP contribution < -0.4 is 5.32 Å². The first kappa shape index (κ1) is 10.7. The average Bonchev–Trinajstić information content (AvgIpc) is 2.19. The molecular weight excluding hydrogens is 162 g/mol. The predicted octanol–water partition coefficient (Wildman–Crippen LogP) is 2.14. The average molecular weight is 183 g/mol. The Morgan fingerprint density at radius 2 is 2.31 bits per heavy atom. The van der Waals surface area contributed by atoms with E-state index in [1.54, 1.807) is 0 Å². The van der Waals surface area contributed by atoms with Crippen LogP contribution in [0.5, 0.6) is 0 Å². The van der Waals surface area contributed by atoms with Gasteiger partial charge in [-0.05, 0) is 25.8 Å². The summed E-state index contributed by atoms with van der Waals surface area (Å²) in [7, 11) is 0. The van der Waals surface area contributed by atoms with Gasteiger partial charge >= 0.3 is 0 Å². The van der Waals surface area contributed by atoms with Gasteiger partial charge in [0.05, 0.1) is 0 Å². The normalized spacial score (nSPS) is 23.0. The van der Waals surface area contributed by atoms with E-state index in [-0.39, 0.29) is 0 Å². The SMILES string of the molecule is CCCCCC(=O)[C@@H]1CCCNC1. The number of piperidine rings is 1. The van der Waals surface area contributed by atoms with Gasteiger partial charge in [-0.2, -0.15) is 0 Å². The lowest BCUT2D eigenvalue weighted by Crippen LogP contribution is -2.34. The number of ketones is 1. The Balaban J connectivity index is 2.13. The molecule has 0 bridgehead atoms. The van der Waals surface area contributed by atoms with Crippen molar-refractivity contribution in [2.75, 3.05) is 13.1 Å². The van der Waals surface area contributed by atoms with E-state index in [9.17, 15) is 4.79 Å². The number of hydrogen-bond acceptors (Lipinski definition) is 2. The molecule has 0 aromatic carbocycles. The van der Waals surface area contributed by atoms with Crippen molar-refractivity contribution in [1.29, 1.82) is 0 Å². The molecule has 0 spiro atoms. The molecule has 76 valence electrons. The molecule has 2 heteroatoms. The van der Waals surface area contributed by atoms with Crippen molar-refractivity contribution < 1.29 is 4.79 Å². The molecular formula is C11H21NO. The molecule has 1 rings (SSSR count). The summed E-state index contributed by atoms with van der Waals surface area (Å²) in [5.74, 6) is 0.811. The number of nitrogens with one attached hydrogen (secondary N) is 1. The lowest BCUT2D eigenvalue weighted by Gasteiger charge is -2.21. The van der Waals surface area contributed by atoms with E-state index >= 15 is 0 Å². The monoisotopic (exact) mass is 183 g/mol. The number of Topliss-reactive ketones (excluding diaryl/α,β-unsaturated/α-hetero) is 1. The van der Waals surface area contributed by atoms with Crippen LogP contribution in [0.4, 0.5) is 0 Å². The van der Waals surface area contributed by atoms with Crippen LogP contribution in [-0.2, 0) is 4.79 Å². The maximum atomic E-state index is 11.6. The first-order valence-corrected chi connectivity index (χ1v) is 5.58. The minimum absolute atomic E-state index is 0.325. The molecule has 2 nitrogen and oxygen atoms in total. The van der Waals surface area contributed by atoms with Crippen LogP contribution in [0.15, 0.2) is 0 Å². The van der Waals surface area contributed by atoms with E-state index in [0.717, 1.165) is 32.4 Å². The molecule has 0 aliphatic carbocycles. The van der Waals surface area contributed by atoms with Gasteiger partial charge in [0.2, 0.25) is 0 Å². The fraction of sp³-hybridized carbons (Fsp3) is 0.909. The second-order valence-electron chi connectivity index (χ2n) is 3.97. The Morgan fingerprint density at radius 3 is 2.92 bits per heavy atom. The molecule has 1 atom stereocenters. The summed E-state index contributed by atoms with van der Waals surface area (Å²) < 4.78 is 0. The summed E-state index contributed by atoms with van der Waals surface area (Å²) >= 11 is 0. The molecule has 0 aromatic rings. The molecule has 0 aromatic heterocycles. The molecule has 1 aliphatic heterocycles. The first-order chi connectivity index (χ1) is 6.34. The molecule has 1 N–H and O–H groups in total. The highest BCUT2D eigenvalue weighted by atomic mass is 16.1. The van der Waals surface area contributed by atoms with Crippen molar-refractivity contribution in [2.45, 2.75) is 45.4 Å². The Labute approximate surface area is 81.1 Å². The van der Waals surface area contributed by atoms with Gasteiger partial charge in [-0.3, -0.25) is 4.79 Å². The Kier molecular flexibility index (Phi) is 5.06. The highest BCUT2D eigenvalue weighted by Gasteiger charge is 2.19. The van der Waals surface area contributed by atoms with Gasteiger partial charge in [0.1, 0.15) is 5.78 Å². The first-order valence-electron chi connectivity index (χ1n) is 5.58. The molecule has 0 saturated carbocycles. The quantitative estimate of drug-likeness (QED) is 0.662. The number of hydrogen-bond donors (Lipinski definition) is 1. The predicted molar refractivity (Wildman–Crippen MR) is 54.7 cm³/mol. The van der Waals surface area contributed by atoms with Crippen molar-refractivity contribution in [3.05, 3.63) is 0 Å². The topological polar surface area (TPSA) is 29.1 Å². The Morgan fingerprint density at radius 1 is 1.46 bits per heavy atom. The summed E-state index contributed by atoms with van der Waals surface area (Å²) in [5, 5.41) is 3.29. The van der Waals surface area contributed by atoms with Gasteiger partial charge in [0, 0.05) is 18.9 Å². The van der Waals surface area contributed by atoms with Crippen molar-refractivity contribution in [3.63, 3.8) is 0 Å². The minimum atomic E-state index is 0.325. The number of carbonyl (C=O) groups excluding carboxylic acids is 1. The van der Waals surface area contributed by atoms with Crippen molar-refractivity contribution in [2.24, 2.45) is 5.92 Å².